The van der Waals surface area contributed by atoms with Crippen molar-refractivity contribution in [1.82, 2.24) is 0 Å². The van der Waals surface area contributed by atoms with E-state index in [1.807, 2.05) is 0 Å². The van der Waals surface area contributed by atoms with Crippen LogP contribution in [0.1, 0.15) is 70.6 Å². The zero-order valence-electron chi connectivity index (χ0n) is 11.0. The highest BCUT2D eigenvalue weighted by Gasteiger charge is 1.99. The average Bonchev–Trinajstić information content (AvgIpc) is 2.32. The van der Waals surface area contributed by atoms with E-state index in [-0.39, 0.29) is 0 Å². The van der Waals surface area contributed by atoms with Crippen LogP contribution in [0.5, 0.6) is 0 Å². The topological polar surface area (TPSA) is 17.1 Å². The Morgan fingerprint density at radius 3 is 1.76 bits per heavy atom. The van der Waals surface area contributed by atoms with Gasteiger partial charge in [-0.15, -0.1) is 0 Å². The predicted molar refractivity (Wildman–Crippen MR) is 74.1 cm³/mol. The fourth-order valence-corrected chi connectivity index (χ4v) is 2.14. The molecule has 0 unspecified atom stereocenters. The van der Waals surface area contributed by atoms with E-state index in [1.165, 1.54) is 38.5 Å². The first-order valence-corrected chi connectivity index (χ1v) is 7.21. The normalized spacial score (nSPS) is 25.3. The summed E-state index contributed by atoms with van der Waals surface area (Å²) in [4.78, 5) is 11.5. The van der Waals surface area contributed by atoms with E-state index in [1.54, 1.807) is 0 Å². The van der Waals surface area contributed by atoms with Gasteiger partial charge in [0.05, 0.1) is 0 Å². The average molecular weight is 234 g/mol. The highest BCUT2D eigenvalue weighted by atomic mass is 16.1. The Morgan fingerprint density at radius 2 is 1.12 bits per heavy atom. The number of Topliss-reactive ketones (excluding diaryl/α,β-unsaturated/α-hetero) is 1. The Balaban J connectivity index is 2.25. The van der Waals surface area contributed by atoms with Gasteiger partial charge >= 0.3 is 0 Å². The van der Waals surface area contributed by atoms with Crippen molar-refractivity contribution in [2.24, 2.45) is 0 Å². The van der Waals surface area contributed by atoms with Gasteiger partial charge in [0.25, 0.3) is 0 Å². The van der Waals surface area contributed by atoms with E-state index < -0.39 is 0 Å². The van der Waals surface area contributed by atoms with Gasteiger partial charge in [-0.3, -0.25) is 4.79 Å². The molecule has 17 heavy (non-hydrogen) atoms. The summed E-state index contributed by atoms with van der Waals surface area (Å²) in [6.45, 7) is 0. The maximum absolute atomic E-state index is 11.5. The van der Waals surface area contributed by atoms with E-state index in [0.29, 0.717) is 5.78 Å². The molecule has 0 aromatic heterocycles. The maximum Gasteiger partial charge on any atom is 0.133 e. The Bertz CT molecular complexity index is 250. The molecular weight excluding hydrogens is 208 g/mol. The van der Waals surface area contributed by atoms with Gasteiger partial charge in [-0.05, 0) is 44.9 Å². The Kier molecular flexibility index (Phi) is 8.62. The van der Waals surface area contributed by atoms with Crippen LogP contribution in [-0.4, -0.2) is 5.78 Å². The van der Waals surface area contributed by atoms with Crippen LogP contribution in [0.3, 0.4) is 0 Å². The van der Waals surface area contributed by atoms with Crippen molar-refractivity contribution in [3.63, 3.8) is 0 Å². The van der Waals surface area contributed by atoms with E-state index in [4.69, 9.17) is 0 Å². The lowest BCUT2D eigenvalue weighted by Crippen LogP contribution is -1.96. The number of carbonyl (C=O) groups is 1. The molecule has 0 saturated carbocycles. The highest BCUT2D eigenvalue weighted by Crippen LogP contribution is 2.09. The van der Waals surface area contributed by atoms with Gasteiger partial charge in [0.1, 0.15) is 5.78 Å². The minimum absolute atomic E-state index is 0.426. The molecule has 1 rings (SSSR count). The van der Waals surface area contributed by atoms with Gasteiger partial charge < -0.3 is 0 Å². The second-order valence-electron chi connectivity index (χ2n) is 4.90. The van der Waals surface area contributed by atoms with Gasteiger partial charge in [-0.1, -0.05) is 37.1 Å². The second-order valence-corrected chi connectivity index (χ2v) is 4.90. The number of rotatable bonds is 0. The van der Waals surface area contributed by atoms with Crippen molar-refractivity contribution >= 4 is 5.78 Å². The maximum atomic E-state index is 11.5. The van der Waals surface area contributed by atoms with Crippen molar-refractivity contribution in [2.75, 3.05) is 0 Å². The van der Waals surface area contributed by atoms with E-state index in [9.17, 15) is 4.79 Å². The summed E-state index contributed by atoms with van der Waals surface area (Å²) >= 11 is 0. The number of allylic oxidation sites excluding steroid dienone is 4. The molecule has 0 aliphatic heterocycles. The van der Waals surface area contributed by atoms with Gasteiger partial charge in [0.2, 0.25) is 0 Å². The van der Waals surface area contributed by atoms with Crippen LogP contribution in [-0.2, 0) is 4.79 Å². The smallest absolute Gasteiger partial charge is 0.133 e. The number of carbonyl (C=O) groups excluding carboxylic acids is 1. The van der Waals surface area contributed by atoms with Crippen molar-refractivity contribution in [1.29, 1.82) is 0 Å². The van der Waals surface area contributed by atoms with E-state index >= 15 is 0 Å². The van der Waals surface area contributed by atoms with E-state index in [0.717, 1.165) is 32.1 Å². The van der Waals surface area contributed by atoms with Crippen LogP contribution in [0.4, 0.5) is 0 Å². The highest BCUT2D eigenvalue weighted by molar-refractivity contribution is 5.78. The Morgan fingerprint density at radius 1 is 0.588 bits per heavy atom. The summed E-state index contributed by atoms with van der Waals surface area (Å²) in [5.74, 6) is 0.426. The van der Waals surface area contributed by atoms with Gasteiger partial charge in [0.15, 0.2) is 0 Å². The minimum Gasteiger partial charge on any atom is -0.300 e. The molecule has 0 spiro atoms. The van der Waals surface area contributed by atoms with Gasteiger partial charge in [-0.2, -0.15) is 0 Å². The summed E-state index contributed by atoms with van der Waals surface area (Å²) in [6.07, 6.45) is 21.2. The van der Waals surface area contributed by atoms with Crippen LogP contribution in [0.15, 0.2) is 24.3 Å². The predicted octanol–water partition coefficient (Wildman–Crippen LogP) is 4.97. The molecule has 0 aromatic carbocycles. The summed E-state index contributed by atoms with van der Waals surface area (Å²) in [6, 6.07) is 0. The molecule has 0 atom stereocenters. The molecule has 0 heterocycles. The van der Waals surface area contributed by atoms with Crippen molar-refractivity contribution in [3.05, 3.63) is 24.3 Å². The zero-order chi connectivity index (χ0) is 12.2. The fourth-order valence-electron chi connectivity index (χ4n) is 2.14. The third-order valence-corrected chi connectivity index (χ3v) is 3.24. The van der Waals surface area contributed by atoms with Crippen LogP contribution >= 0.6 is 0 Å². The Labute approximate surface area is 106 Å². The third-order valence-electron chi connectivity index (χ3n) is 3.24. The molecular formula is C16H26O. The van der Waals surface area contributed by atoms with Crippen molar-refractivity contribution < 1.29 is 4.79 Å². The van der Waals surface area contributed by atoms with Crippen LogP contribution in [0.25, 0.3) is 0 Å². The molecule has 0 aromatic rings. The molecule has 96 valence electrons. The van der Waals surface area contributed by atoms with Crippen LogP contribution in [0.2, 0.25) is 0 Å². The summed E-state index contributed by atoms with van der Waals surface area (Å²) < 4.78 is 0. The quantitative estimate of drug-likeness (QED) is 0.541. The number of ketones is 1. The lowest BCUT2D eigenvalue weighted by molar-refractivity contribution is -0.119. The molecule has 0 radical (unpaired) electrons. The lowest BCUT2D eigenvalue weighted by atomic mass is 10.1. The molecule has 0 amide bonds. The standard InChI is InChI=1S/C16H26O/c17-16-14-12-10-8-6-4-2-1-3-5-7-9-11-13-15-16/h6,8-9,11H,1-5,7,10,12-15H2/b8-6+,11-9+. The SMILES string of the molecule is O=C1CC/C=C/CCCCCC/C=C/CCC1. The first-order chi connectivity index (χ1) is 8.39. The molecule has 0 fully saturated rings. The van der Waals surface area contributed by atoms with Crippen LogP contribution in [0, 0.1) is 0 Å². The molecule has 0 bridgehead atoms. The van der Waals surface area contributed by atoms with Crippen molar-refractivity contribution in [2.45, 2.75) is 70.6 Å². The summed E-state index contributed by atoms with van der Waals surface area (Å²) in [7, 11) is 0. The largest absolute Gasteiger partial charge is 0.300 e. The molecule has 1 aliphatic rings. The molecule has 1 nitrogen and oxygen atoms in total. The molecule has 1 aliphatic carbocycles. The first-order valence-electron chi connectivity index (χ1n) is 7.21. The zero-order valence-corrected chi connectivity index (χ0v) is 11.0. The van der Waals surface area contributed by atoms with Gasteiger partial charge in [0, 0.05) is 12.8 Å². The second kappa shape index (κ2) is 10.3. The number of hydrogen-bond acceptors (Lipinski definition) is 1. The van der Waals surface area contributed by atoms with Gasteiger partial charge in [-0.25, -0.2) is 0 Å². The minimum atomic E-state index is 0.426. The summed E-state index contributed by atoms with van der Waals surface area (Å²) in [5.41, 5.74) is 0. The molecule has 1 heteroatoms. The molecule has 0 saturated heterocycles. The first kappa shape index (κ1) is 14.2. The fraction of sp³-hybridized carbons (Fsp3) is 0.688. The summed E-state index contributed by atoms with van der Waals surface area (Å²) in [5, 5.41) is 0. The van der Waals surface area contributed by atoms with Crippen LogP contribution < -0.4 is 0 Å². The van der Waals surface area contributed by atoms with Crippen molar-refractivity contribution in [3.8, 4) is 0 Å². The number of hydrogen-bond donors (Lipinski definition) is 0. The Hall–Kier alpha value is -0.850. The van der Waals surface area contributed by atoms with E-state index in [2.05, 4.69) is 24.3 Å². The monoisotopic (exact) mass is 234 g/mol. The lowest BCUT2D eigenvalue weighted by Gasteiger charge is -1.99. The molecule has 0 N–H and O–H groups in total. The third kappa shape index (κ3) is 8.91.